The molecular weight excluding hydrogens is 424 g/mol. The maximum Gasteiger partial charge on any atom is 0.150 e. The minimum absolute atomic E-state index is 0.506. The zero-order valence-corrected chi connectivity index (χ0v) is 19.9. The second kappa shape index (κ2) is 8.90. The third-order valence-corrected chi connectivity index (χ3v) is 5.75. The van der Waals surface area contributed by atoms with Crippen LogP contribution in [0.25, 0.3) is 11.1 Å². The van der Waals surface area contributed by atoms with Gasteiger partial charge in [0.25, 0.3) is 0 Å². The van der Waals surface area contributed by atoms with E-state index in [0.29, 0.717) is 34.2 Å². The van der Waals surface area contributed by atoms with Crippen LogP contribution in [-0.2, 0) is 0 Å². The Morgan fingerprint density at radius 1 is 0.471 bits per heavy atom. The molecule has 4 aromatic rings. The molecule has 0 aliphatic carbocycles. The van der Waals surface area contributed by atoms with Crippen LogP contribution in [0.4, 0.5) is 22.7 Å². The molecule has 0 unspecified atom stereocenters. The summed E-state index contributed by atoms with van der Waals surface area (Å²) in [6.07, 6.45) is 0. The van der Waals surface area contributed by atoms with Gasteiger partial charge in [-0.25, -0.2) is 0 Å². The molecule has 174 valence electrons. The first-order chi connectivity index (χ1) is 16.1. The second-order valence-electron chi connectivity index (χ2n) is 8.68. The van der Waals surface area contributed by atoms with E-state index in [-0.39, 0.29) is 0 Å². The molecular formula is C28H30N4O2. The van der Waals surface area contributed by atoms with Crippen LogP contribution in [0.15, 0.2) is 60.7 Å². The fourth-order valence-electron chi connectivity index (χ4n) is 4.10. The third-order valence-electron chi connectivity index (χ3n) is 5.75. The number of anilines is 4. The standard InChI is InChI=1S/C28H30N4O2/c1-15-9-19(10-16(2)27(15)33-25-7-5-21(29)13-23(25)31)20-11-17(3)28(18(4)12-20)34-26-8-6-22(30)14-24(26)32/h5-14H,29-32H2,1-4H3. The van der Waals surface area contributed by atoms with Crippen molar-refractivity contribution < 1.29 is 9.47 Å². The summed E-state index contributed by atoms with van der Waals surface area (Å²) >= 11 is 0. The monoisotopic (exact) mass is 454 g/mol. The molecule has 0 aromatic heterocycles. The minimum Gasteiger partial charge on any atom is -0.455 e. The van der Waals surface area contributed by atoms with Crippen LogP contribution in [0.2, 0.25) is 0 Å². The van der Waals surface area contributed by atoms with Gasteiger partial charge in [-0.3, -0.25) is 0 Å². The average molecular weight is 455 g/mol. The SMILES string of the molecule is Cc1cc(-c2cc(C)c(Oc3ccc(N)cc3N)c(C)c2)cc(C)c1Oc1ccc(N)cc1N. The Labute approximate surface area is 200 Å². The van der Waals surface area contributed by atoms with E-state index in [1.54, 1.807) is 36.4 Å². The number of nitrogens with two attached hydrogens (primary N) is 4. The van der Waals surface area contributed by atoms with Crippen molar-refractivity contribution in [2.75, 3.05) is 22.9 Å². The van der Waals surface area contributed by atoms with Crippen molar-refractivity contribution in [2.45, 2.75) is 27.7 Å². The lowest BCUT2D eigenvalue weighted by molar-refractivity contribution is 0.477. The summed E-state index contributed by atoms with van der Waals surface area (Å²) in [7, 11) is 0. The van der Waals surface area contributed by atoms with E-state index in [1.165, 1.54) is 0 Å². The molecule has 4 rings (SSSR count). The summed E-state index contributed by atoms with van der Waals surface area (Å²) in [6, 6.07) is 19.0. The number of hydrogen-bond donors (Lipinski definition) is 4. The summed E-state index contributed by atoms with van der Waals surface area (Å²) in [5, 5.41) is 0. The number of rotatable bonds is 5. The smallest absolute Gasteiger partial charge is 0.150 e. The van der Waals surface area contributed by atoms with E-state index in [1.807, 2.05) is 27.7 Å². The summed E-state index contributed by atoms with van der Waals surface area (Å²) in [4.78, 5) is 0. The van der Waals surface area contributed by atoms with Gasteiger partial charge in [-0.1, -0.05) is 0 Å². The number of benzene rings is 4. The molecule has 0 bridgehead atoms. The van der Waals surface area contributed by atoms with Crippen LogP contribution in [-0.4, -0.2) is 0 Å². The van der Waals surface area contributed by atoms with Gasteiger partial charge in [-0.05, 0) is 122 Å². The fraction of sp³-hybridized carbons (Fsp3) is 0.143. The first kappa shape index (κ1) is 22.9. The Balaban J connectivity index is 1.65. The van der Waals surface area contributed by atoms with Crippen molar-refractivity contribution in [3.63, 3.8) is 0 Å². The highest BCUT2D eigenvalue weighted by atomic mass is 16.5. The number of hydrogen-bond acceptors (Lipinski definition) is 6. The minimum atomic E-state index is 0.506. The van der Waals surface area contributed by atoms with E-state index < -0.39 is 0 Å². The summed E-state index contributed by atoms with van der Waals surface area (Å²) in [6.45, 7) is 8.11. The number of nitrogen functional groups attached to an aromatic ring is 4. The molecule has 0 aliphatic heterocycles. The molecule has 0 fully saturated rings. The van der Waals surface area contributed by atoms with Crippen molar-refractivity contribution in [1.82, 2.24) is 0 Å². The molecule has 0 spiro atoms. The Morgan fingerprint density at radius 2 is 0.794 bits per heavy atom. The van der Waals surface area contributed by atoms with Gasteiger partial charge in [-0.15, -0.1) is 0 Å². The quantitative estimate of drug-likeness (QED) is 0.255. The first-order valence-electron chi connectivity index (χ1n) is 11.0. The van der Waals surface area contributed by atoms with Gasteiger partial charge in [0.2, 0.25) is 0 Å². The van der Waals surface area contributed by atoms with Gasteiger partial charge < -0.3 is 32.4 Å². The van der Waals surface area contributed by atoms with Gasteiger partial charge in [0.15, 0.2) is 0 Å². The molecule has 0 saturated carbocycles. The van der Waals surface area contributed by atoms with Crippen molar-refractivity contribution in [3.05, 3.63) is 82.9 Å². The summed E-state index contributed by atoms with van der Waals surface area (Å²) < 4.78 is 12.3. The van der Waals surface area contributed by atoms with Crippen LogP contribution in [0, 0.1) is 27.7 Å². The highest BCUT2D eigenvalue weighted by Gasteiger charge is 2.14. The first-order valence-corrected chi connectivity index (χ1v) is 11.0. The fourth-order valence-corrected chi connectivity index (χ4v) is 4.10. The van der Waals surface area contributed by atoms with Crippen LogP contribution in [0.1, 0.15) is 22.3 Å². The molecule has 0 radical (unpaired) electrons. The topological polar surface area (TPSA) is 123 Å². The molecule has 8 N–H and O–H groups in total. The molecule has 6 heteroatoms. The van der Waals surface area contributed by atoms with E-state index >= 15 is 0 Å². The van der Waals surface area contributed by atoms with Gasteiger partial charge in [0.1, 0.15) is 23.0 Å². The zero-order valence-electron chi connectivity index (χ0n) is 19.9. The van der Waals surface area contributed by atoms with Crippen LogP contribution < -0.4 is 32.4 Å². The maximum atomic E-state index is 6.15. The molecule has 0 aliphatic rings. The zero-order chi connectivity index (χ0) is 24.6. The average Bonchev–Trinajstić information content (AvgIpc) is 2.75. The number of ether oxygens (including phenoxy) is 2. The molecule has 0 saturated heterocycles. The van der Waals surface area contributed by atoms with Gasteiger partial charge in [-0.2, -0.15) is 0 Å². The number of aryl methyl sites for hydroxylation is 4. The largest absolute Gasteiger partial charge is 0.455 e. The molecule has 4 aromatic carbocycles. The predicted molar refractivity (Wildman–Crippen MR) is 142 cm³/mol. The van der Waals surface area contributed by atoms with Crippen LogP contribution >= 0.6 is 0 Å². The Hall–Kier alpha value is -4.32. The van der Waals surface area contributed by atoms with Crippen molar-refractivity contribution in [2.24, 2.45) is 0 Å². The van der Waals surface area contributed by atoms with E-state index in [2.05, 4.69) is 24.3 Å². The Kier molecular flexibility index (Phi) is 5.99. The lowest BCUT2D eigenvalue weighted by Crippen LogP contribution is -1.98. The van der Waals surface area contributed by atoms with Crippen molar-refractivity contribution >= 4 is 22.7 Å². The summed E-state index contributed by atoms with van der Waals surface area (Å²) in [5.41, 5.74) is 32.2. The second-order valence-corrected chi connectivity index (χ2v) is 8.68. The lowest BCUT2D eigenvalue weighted by atomic mass is 9.96. The normalized spacial score (nSPS) is 10.8. The molecule has 34 heavy (non-hydrogen) atoms. The van der Waals surface area contributed by atoms with Gasteiger partial charge >= 0.3 is 0 Å². The van der Waals surface area contributed by atoms with E-state index in [4.69, 9.17) is 32.4 Å². The highest BCUT2D eigenvalue weighted by Crippen LogP contribution is 2.39. The third kappa shape index (κ3) is 4.57. The van der Waals surface area contributed by atoms with Crippen molar-refractivity contribution in [1.29, 1.82) is 0 Å². The molecule has 0 heterocycles. The highest BCUT2D eigenvalue weighted by molar-refractivity contribution is 5.72. The summed E-state index contributed by atoms with van der Waals surface area (Å²) in [5.74, 6) is 2.74. The van der Waals surface area contributed by atoms with Crippen LogP contribution in [0.3, 0.4) is 0 Å². The predicted octanol–water partition coefficient (Wildman–Crippen LogP) is 6.50. The molecule has 0 atom stereocenters. The molecule has 6 nitrogen and oxygen atoms in total. The van der Waals surface area contributed by atoms with Gasteiger partial charge in [0.05, 0.1) is 11.4 Å². The van der Waals surface area contributed by atoms with E-state index in [0.717, 1.165) is 44.9 Å². The molecule has 0 amide bonds. The van der Waals surface area contributed by atoms with Crippen LogP contribution in [0.5, 0.6) is 23.0 Å². The lowest BCUT2D eigenvalue weighted by Gasteiger charge is -2.18. The van der Waals surface area contributed by atoms with E-state index in [9.17, 15) is 0 Å². The maximum absolute atomic E-state index is 6.15. The Morgan fingerprint density at radius 3 is 1.09 bits per heavy atom. The Bertz CT molecular complexity index is 1240. The van der Waals surface area contributed by atoms with Crippen molar-refractivity contribution in [3.8, 4) is 34.1 Å². The van der Waals surface area contributed by atoms with Gasteiger partial charge in [0, 0.05) is 11.4 Å².